The van der Waals surface area contributed by atoms with Crippen LogP contribution in [0, 0.1) is 13.8 Å². The number of aryl methyl sites for hydroxylation is 2. The number of anilines is 2. The monoisotopic (exact) mass is 327 g/mol. The van der Waals surface area contributed by atoms with Gasteiger partial charge in [-0.05, 0) is 43.7 Å². The normalized spacial score (nSPS) is 15.5. The molecule has 0 saturated carbocycles. The lowest BCUT2D eigenvalue weighted by Gasteiger charge is -2.35. The van der Waals surface area contributed by atoms with Crippen LogP contribution in [0.1, 0.15) is 18.1 Å². The average Bonchev–Trinajstić information content (AvgIpc) is 2.56. The molecule has 1 aliphatic heterocycles. The first-order valence-electron chi connectivity index (χ1n) is 8.40. The van der Waals surface area contributed by atoms with Gasteiger partial charge in [0.1, 0.15) is 17.8 Å². The van der Waals surface area contributed by atoms with E-state index in [-0.39, 0.29) is 0 Å². The van der Waals surface area contributed by atoms with E-state index in [2.05, 4.69) is 32.8 Å². The van der Waals surface area contributed by atoms with E-state index in [1.54, 1.807) is 0 Å². The molecule has 0 spiro atoms. The Kier molecular flexibility index (Phi) is 4.85. The highest BCUT2D eigenvalue weighted by molar-refractivity contribution is 5.68. The number of nitrogen functional groups attached to an aromatic ring is 1. The van der Waals surface area contributed by atoms with Gasteiger partial charge in [0.25, 0.3) is 0 Å². The Bertz CT molecular complexity index is 690. The van der Waals surface area contributed by atoms with Crippen molar-refractivity contribution in [3.63, 3.8) is 0 Å². The number of nitrogens with two attached hydrogens (primary N) is 1. The number of piperazine rings is 1. The van der Waals surface area contributed by atoms with Gasteiger partial charge in [0, 0.05) is 26.2 Å². The number of aromatic nitrogens is 2. The number of benzene rings is 1. The molecule has 128 valence electrons. The third-order valence-electron chi connectivity index (χ3n) is 4.36. The van der Waals surface area contributed by atoms with Gasteiger partial charge in [0.2, 0.25) is 5.88 Å². The maximum atomic E-state index is 6.30. The lowest BCUT2D eigenvalue weighted by molar-refractivity contribution is 0.270. The summed E-state index contributed by atoms with van der Waals surface area (Å²) >= 11 is 0. The van der Waals surface area contributed by atoms with Gasteiger partial charge < -0.3 is 20.3 Å². The van der Waals surface area contributed by atoms with Gasteiger partial charge in [-0.3, -0.25) is 0 Å². The summed E-state index contributed by atoms with van der Waals surface area (Å²) in [5.41, 5.74) is 9.10. The second-order valence-corrected chi connectivity index (χ2v) is 6.26. The summed E-state index contributed by atoms with van der Waals surface area (Å²) in [5, 5.41) is 0. The molecule has 1 fully saturated rings. The van der Waals surface area contributed by atoms with Gasteiger partial charge in [-0.2, -0.15) is 4.98 Å². The molecule has 2 N–H and O–H groups in total. The average molecular weight is 327 g/mol. The highest BCUT2D eigenvalue weighted by atomic mass is 16.5. The molecular formula is C18H25N5O. The Morgan fingerprint density at radius 3 is 2.33 bits per heavy atom. The molecule has 3 rings (SSSR count). The van der Waals surface area contributed by atoms with Crippen LogP contribution in [0.25, 0.3) is 0 Å². The number of likely N-dealkylation sites (N-methyl/N-ethyl adjacent to an activating group) is 1. The van der Waals surface area contributed by atoms with E-state index in [1.807, 2.05) is 26.0 Å². The summed E-state index contributed by atoms with van der Waals surface area (Å²) in [6, 6.07) is 6.07. The molecule has 24 heavy (non-hydrogen) atoms. The van der Waals surface area contributed by atoms with Gasteiger partial charge in [0.15, 0.2) is 5.82 Å². The molecule has 0 aliphatic carbocycles. The van der Waals surface area contributed by atoms with Crippen molar-refractivity contribution in [3.05, 3.63) is 35.7 Å². The van der Waals surface area contributed by atoms with Crippen LogP contribution in [0.5, 0.6) is 11.6 Å². The minimum absolute atomic E-state index is 0.419. The lowest BCUT2D eigenvalue weighted by atomic mass is 10.1. The Hall–Kier alpha value is -2.34. The van der Waals surface area contributed by atoms with E-state index in [0.29, 0.717) is 11.6 Å². The summed E-state index contributed by atoms with van der Waals surface area (Å²) in [6.07, 6.45) is 1.52. The standard InChI is InChI=1S/C18H25N5O/c1-4-22-5-7-23(8-6-22)17-16(19)18(21-12-20-17)24-15-10-13(2)9-14(3)11-15/h9-12H,4-8,19H2,1-3H3. The maximum Gasteiger partial charge on any atom is 0.248 e. The van der Waals surface area contributed by atoms with E-state index in [1.165, 1.54) is 6.33 Å². The molecule has 1 aliphatic rings. The van der Waals surface area contributed by atoms with Crippen molar-refractivity contribution >= 4 is 11.5 Å². The van der Waals surface area contributed by atoms with Gasteiger partial charge >= 0.3 is 0 Å². The first-order valence-corrected chi connectivity index (χ1v) is 8.40. The molecule has 1 aromatic heterocycles. The van der Waals surface area contributed by atoms with Crippen LogP contribution < -0.4 is 15.4 Å². The molecule has 1 aromatic carbocycles. The number of rotatable bonds is 4. The third kappa shape index (κ3) is 3.59. The highest BCUT2D eigenvalue weighted by Crippen LogP contribution is 2.32. The fourth-order valence-electron chi connectivity index (χ4n) is 3.08. The Morgan fingerprint density at radius 2 is 1.71 bits per heavy atom. The van der Waals surface area contributed by atoms with Crippen molar-refractivity contribution in [3.8, 4) is 11.6 Å². The number of ether oxygens (including phenoxy) is 1. The van der Waals surface area contributed by atoms with Crippen molar-refractivity contribution in [2.45, 2.75) is 20.8 Å². The summed E-state index contributed by atoms with van der Waals surface area (Å²) < 4.78 is 5.93. The molecule has 1 saturated heterocycles. The minimum atomic E-state index is 0.419. The molecule has 6 nitrogen and oxygen atoms in total. The Morgan fingerprint density at radius 1 is 1.04 bits per heavy atom. The largest absolute Gasteiger partial charge is 0.437 e. The molecule has 6 heteroatoms. The van der Waals surface area contributed by atoms with Crippen LogP contribution in [0.15, 0.2) is 24.5 Å². The lowest BCUT2D eigenvalue weighted by Crippen LogP contribution is -2.46. The fraction of sp³-hybridized carbons (Fsp3) is 0.444. The van der Waals surface area contributed by atoms with Crippen LogP contribution in [-0.2, 0) is 0 Å². The van der Waals surface area contributed by atoms with E-state index in [9.17, 15) is 0 Å². The van der Waals surface area contributed by atoms with Gasteiger partial charge in [-0.1, -0.05) is 13.0 Å². The van der Waals surface area contributed by atoms with Crippen molar-refractivity contribution in [1.29, 1.82) is 0 Å². The molecule has 2 aromatic rings. The predicted molar refractivity (Wildman–Crippen MR) is 96.8 cm³/mol. The summed E-state index contributed by atoms with van der Waals surface area (Å²) in [4.78, 5) is 13.2. The third-order valence-corrected chi connectivity index (χ3v) is 4.36. The molecule has 0 unspecified atom stereocenters. The summed E-state index contributed by atoms with van der Waals surface area (Å²) in [5.74, 6) is 1.93. The molecule has 0 radical (unpaired) electrons. The van der Waals surface area contributed by atoms with Crippen LogP contribution in [0.3, 0.4) is 0 Å². The van der Waals surface area contributed by atoms with Gasteiger partial charge in [0.05, 0.1) is 0 Å². The van der Waals surface area contributed by atoms with Crippen molar-refractivity contribution in [2.24, 2.45) is 0 Å². The Balaban J connectivity index is 1.81. The van der Waals surface area contributed by atoms with Crippen molar-refractivity contribution in [1.82, 2.24) is 14.9 Å². The second-order valence-electron chi connectivity index (χ2n) is 6.26. The fourth-order valence-corrected chi connectivity index (χ4v) is 3.08. The van der Waals surface area contributed by atoms with Crippen LogP contribution in [-0.4, -0.2) is 47.6 Å². The highest BCUT2D eigenvalue weighted by Gasteiger charge is 2.21. The predicted octanol–water partition coefficient (Wildman–Crippen LogP) is 2.61. The zero-order valence-corrected chi connectivity index (χ0v) is 14.6. The van der Waals surface area contributed by atoms with Crippen LogP contribution in [0.2, 0.25) is 0 Å². The van der Waals surface area contributed by atoms with Crippen molar-refractivity contribution < 1.29 is 4.74 Å². The minimum Gasteiger partial charge on any atom is -0.437 e. The molecule has 0 amide bonds. The second kappa shape index (κ2) is 7.05. The van der Waals surface area contributed by atoms with E-state index in [0.717, 1.165) is 55.4 Å². The van der Waals surface area contributed by atoms with Gasteiger partial charge in [-0.25, -0.2) is 4.98 Å². The molecule has 0 atom stereocenters. The van der Waals surface area contributed by atoms with Gasteiger partial charge in [-0.15, -0.1) is 0 Å². The zero-order chi connectivity index (χ0) is 17.1. The quantitative estimate of drug-likeness (QED) is 0.931. The van der Waals surface area contributed by atoms with E-state index >= 15 is 0 Å². The smallest absolute Gasteiger partial charge is 0.248 e. The molecular weight excluding hydrogens is 302 g/mol. The number of nitrogens with zero attached hydrogens (tertiary/aromatic N) is 4. The van der Waals surface area contributed by atoms with E-state index < -0.39 is 0 Å². The van der Waals surface area contributed by atoms with Crippen molar-refractivity contribution in [2.75, 3.05) is 43.4 Å². The van der Waals surface area contributed by atoms with E-state index in [4.69, 9.17) is 10.5 Å². The van der Waals surface area contributed by atoms with Crippen LogP contribution >= 0.6 is 0 Å². The van der Waals surface area contributed by atoms with Crippen LogP contribution in [0.4, 0.5) is 11.5 Å². The molecule has 2 heterocycles. The number of hydrogen-bond donors (Lipinski definition) is 1. The zero-order valence-electron chi connectivity index (χ0n) is 14.6. The molecule has 0 bridgehead atoms. The summed E-state index contributed by atoms with van der Waals surface area (Å²) in [7, 11) is 0. The number of hydrogen-bond acceptors (Lipinski definition) is 6. The maximum absolute atomic E-state index is 6.30. The summed E-state index contributed by atoms with van der Waals surface area (Å²) in [6.45, 7) is 11.2. The first-order chi connectivity index (χ1) is 11.6. The SMILES string of the molecule is CCN1CCN(c2ncnc(Oc3cc(C)cc(C)c3)c2N)CC1. The Labute approximate surface area is 143 Å². The topological polar surface area (TPSA) is 67.5 Å². The first kappa shape index (κ1) is 16.5.